The third-order valence-electron chi connectivity index (χ3n) is 8.97. The Labute approximate surface area is 262 Å². The first-order chi connectivity index (χ1) is 20.5. The predicted molar refractivity (Wildman–Crippen MR) is 170 cm³/mol. The summed E-state index contributed by atoms with van der Waals surface area (Å²) in [7, 11) is 7.00. The smallest absolute Gasteiger partial charge is 0.247 e. The lowest BCUT2D eigenvalue weighted by molar-refractivity contribution is -0.135. The molecule has 0 heterocycles. The van der Waals surface area contributed by atoms with Gasteiger partial charge in [0.1, 0.15) is 12.8 Å². The van der Waals surface area contributed by atoms with Crippen LogP contribution in [0, 0.1) is 22.7 Å². The van der Waals surface area contributed by atoms with E-state index < -0.39 is 0 Å². The molecule has 244 valence electrons. The van der Waals surface area contributed by atoms with Gasteiger partial charge in [-0.05, 0) is 51.4 Å². The van der Waals surface area contributed by atoms with E-state index in [2.05, 4.69) is 61.9 Å². The van der Waals surface area contributed by atoms with Crippen molar-refractivity contribution in [1.82, 2.24) is 41.7 Å². The third kappa shape index (κ3) is 10.1. The molecule has 0 spiro atoms. The Balaban J connectivity index is 0.000000241. The predicted octanol–water partition coefficient (Wildman–Crippen LogP) is 3.08. The van der Waals surface area contributed by atoms with E-state index in [1.165, 1.54) is 0 Å². The van der Waals surface area contributed by atoms with E-state index in [9.17, 15) is 19.2 Å². The molecule has 4 saturated carbocycles. The van der Waals surface area contributed by atoms with Gasteiger partial charge in [0, 0.05) is 73.6 Å². The maximum absolute atomic E-state index is 12.0. The number of hydrogen-bond acceptors (Lipinski definition) is 8. The molecule has 4 rings (SSSR count). The van der Waals surface area contributed by atoms with Crippen LogP contribution in [0.4, 0.5) is 0 Å². The molecule has 4 aliphatic rings. The van der Waals surface area contributed by atoms with Crippen LogP contribution in [0.15, 0.2) is 49.1 Å². The number of nitrogens with zero attached hydrogens (tertiary/aromatic N) is 4. The van der Waals surface area contributed by atoms with Crippen LogP contribution in [-0.4, -0.2) is 71.9 Å². The van der Waals surface area contributed by atoms with E-state index >= 15 is 0 Å². The Kier molecular flexibility index (Phi) is 10.8. The number of carbonyl (C=O) groups is 4. The van der Waals surface area contributed by atoms with Crippen LogP contribution in [-0.2, 0) is 19.2 Å². The number of carbonyl (C=O) groups excluding carboxylic acids is 4. The van der Waals surface area contributed by atoms with Gasteiger partial charge >= 0.3 is 0 Å². The van der Waals surface area contributed by atoms with Crippen LogP contribution in [0.1, 0.15) is 78.1 Å². The summed E-state index contributed by atoms with van der Waals surface area (Å²) in [6.45, 7) is 20.1. The molecule has 12 heteroatoms. The molecule has 0 saturated heterocycles. The van der Waals surface area contributed by atoms with Crippen LogP contribution in [0.5, 0.6) is 0 Å². The van der Waals surface area contributed by atoms with Crippen molar-refractivity contribution in [2.24, 2.45) is 22.7 Å². The molecule has 0 atom stereocenters. The number of nitrogens with one attached hydrogen (secondary N) is 4. The van der Waals surface area contributed by atoms with Crippen molar-refractivity contribution in [3.8, 4) is 0 Å². The molecule has 0 unspecified atom stereocenters. The molecule has 0 aliphatic heterocycles. The van der Waals surface area contributed by atoms with Gasteiger partial charge in [0.25, 0.3) is 0 Å². The molecule has 4 N–H and O–H groups in total. The van der Waals surface area contributed by atoms with E-state index in [4.69, 9.17) is 0 Å². The second-order valence-electron chi connectivity index (χ2n) is 13.3. The van der Waals surface area contributed by atoms with Crippen molar-refractivity contribution in [2.45, 2.75) is 78.1 Å². The van der Waals surface area contributed by atoms with Gasteiger partial charge in [-0.3, -0.25) is 60.9 Å². The van der Waals surface area contributed by atoms with Crippen molar-refractivity contribution in [1.29, 1.82) is 0 Å². The minimum Gasteiger partial charge on any atom is -0.293 e. The first kappa shape index (κ1) is 34.5. The Bertz CT molecular complexity index is 1110. The van der Waals surface area contributed by atoms with Crippen LogP contribution in [0.25, 0.3) is 0 Å². The SMILES string of the molecule is C=C(C1CC1)N(C)NC(=O)CC(=O)NN(C)C(=C)C1CC1.C=C(N(C)NC(=O)CC(=O)NN(C)C(=C)C1(C)CC1)C1(C)CC1. The lowest BCUT2D eigenvalue weighted by atomic mass is 10.1. The zero-order valence-electron chi connectivity index (χ0n) is 27.5. The Morgan fingerprint density at radius 1 is 0.545 bits per heavy atom. The molecule has 0 bridgehead atoms. The van der Waals surface area contributed by atoms with E-state index in [-0.39, 0.29) is 47.3 Å². The zero-order valence-corrected chi connectivity index (χ0v) is 27.5. The number of hydrogen-bond donors (Lipinski definition) is 4. The summed E-state index contributed by atoms with van der Waals surface area (Å²) in [5.74, 6) is -0.460. The Morgan fingerprint density at radius 2 is 0.795 bits per heavy atom. The summed E-state index contributed by atoms with van der Waals surface area (Å²) in [4.78, 5) is 47.6. The second-order valence-corrected chi connectivity index (χ2v) is 13.3. The van der Waals surface area contributed by atoms with E-state index in [0.29, 0.717) is 11.8 Å². The fourth-order valence-electron chi connectivity index (χ4n) is 4.62. The van der Waals surface area contributed by atoms with Gasteiger partial charge in [0.05, 0.1) is 0 Å². The van der Waals surface area contributed by atoms with Crippen molar-refractivity contribution >= 4 is 23.6 Å². The van der Waals surface area contributed by atoms with E-state index in [1.54, 1.807) is 48.2 Å². The standard InChI is InChI=1S/C17H28N4O2.C15H24N4O2/c1-12(16(3)7-8-16)20(5)18-14(22)11-15(23)19-21(6)13(2)17(4)9-10-17;1-10(12-5-6-12)18(3)16-14(20)9-15(21)17-19(4)11(2)13-7-8-13/h1-2,7-11H2,3-6H3,(H,18,22)(H,19,23);12-13H,1-2,5-9H2,3-4H3,(H,16,20)(H,17,21). The molecule has 0 radical (unpaired) electrons. The summed E-state index contributed by atoms with van der Waals surface area (Å²) >= 11 is 0. The number of allylic oxidation sites excluding steroid dienone is 4. The lowest BCUT2D eigenvalue weighted by Crippen LogP contribution is -2.45. The van der Waals surface area contributed by atoms with Gasteiger partial charge < -0.3 is 0 Å². The van der Waals surface area contributed by atoms with Crippen LogP contribution >= 0.6 is 0 Å². The maximum Gasteiger partial charge on any atom is 0.247 e. The highest BCUT2D eigenvalue weighted by atomic mass is 16.2. The molecule has 4 aliphatic carbocycles. The molecule has 4 amide bonds. The normalized spacial score (nSPS) is 18.1. The van der Waals surface area contributed by atoms with Crippen LogP contribution in [0.3, 0.4) is 0 Å². The van der Waals surface area contributed by atoms with Gasteiger partial charge in [-0.1, -0.05) is 40.2 Å². The zero-order chi connectivity index (χ0) is 33.0. The summed E-state index contributed by atoms with van der Waals surface area (Å²) in [6, 6.07) is 0. The average Bonchev–Trinajstić information content (AvgIpc) is 3.76. The van der Waals surface area contributed by atoms with Gasteiger partial charge in [-0.25, -0.2) is 0 Å². The molecular weight excluding hydrogens is 560 g/mol. The molecule has 12 nitrogen and oxygen atoms in total. The summed E-state index contributed by atoms with van der Waals surface area (Å²) in [5.41, 5.74) is 14.4. The average molecular weight is 613 g/mol. The maximum atomic E-state index is 12.0. The van der Waals surface area contributed by atoms with Crippen molar-refractivity contribution in [2.75, 3.05) is 28.2 Å². The fourth-order valence-corrected chi connectivity index (χ4v) is 4.62. The molecule has 0 aromatic heterocycles. The third-order valence-corrected chi connectivity index (χ3v) is 8.97. The van der Waals surface area contributed by atoms with E-state index in [1.807, 2.05) is 0 Å². The van der Waals surface area contributed by atoms with Crippen molar-refractivity contribution < 1.29 is 19.2 Å². The van der Waals surface area contributed by atoms with Crippen LogP contribution < -0.4 is 21.7 Å². The molecule has 0 aromatic carbocycles. The Hall–Kier alpha value is -3.96. The second kappa shape index (κ2) is 13.8. The topological polar surface area (TPSA) is 129 Å². The molecule has 4 fully saturated rings. The summed E-state index contributed by atoms with van der Waals surface area (Å²) < 4.78 is 0. The quantitative estimate of drug-likeness (QED) is 0.155. The molecule has 0 aromatic rings. The summed E-state index contributed by atoms with van der Waals surface area (Å²) in [6.07, 6.45) is 8.35. The minimum atomic E-state index is -0.355. The summed E-state index contributed by atoms with van der Waals surface area (Å²) in [5, 5.41) is 6.47. The largest absolute Gasteiger partial charge is 0.293 e. The van der Waals surface area contributed by atoms with E-state index in [0.717, 1.165) is 74.2 Å². The highest BCUT2D eigenvalue weighted by Gasteiger charge is 2.43. The first-order valence-corrected chi connectivity index (χ1v) is 15.3. The lowest BCUT2D eigenvalue weighted by Gasteiger charge is -2.28. The van der Waals surface area contributed by atoms with Gasteiger partial charge in [0.2, 0.25) is 23.6 Å². The monoisotopic (exact) mass is 612 g/mol. The van der Waals surface area contributed by atoms with Crippen molar-refractivity contribution in [3.05, 3.63) is 49.1 Å². The number of hydrazine groups is 4. The molecular formula is C32H52N8O4. The van der Waals surface area contributed by atoms with Gasteiger partial charge in [-0.15, -0.1) is 0 Å². The highest BCUT2D eigenvalue weighted by molar-refractivity contribution is 5.97. The Morgan fingerprint density at radius 3 is 1.02 bits per heavy atom. The van der Waals surface area contributed by atoms with Gasteiger partial charge in [-0.2, -0.15) is 0 Å². The number of rotatable bonds is 16. The van der Waals surface area contributed by atoms with Gasteiger partial charge in [0.15, 0.2) is 0 Å². The highest BCUT2D eigenvalue weighted by Crippen LogP contribution is 2.51. The number of amides is 4. The first-order valence-electron chi connectivity index (χ1n) is 15.3. The fraction of sp³-hybridized carbons (Fsp3) is 0.625. The molecule has 44 heavy (non-hydrogen) atoms. The minimum absolute atomic E-state index is 0.0853. The van der Waals surface area contributed by atoms with Crippen molar-refractivity contribution in [3.63, 3.8) is 0 Å². The van der Waals surface area contributed by atoms with Crippen LogP contribution in [0.2, 0.25) is 0 Å².